The summed E-state index contributed by atoms with van der Waals surface area (Å²) in [7, 11) is 0. The number of rotatable bonds is 5. The van der Waals surface area contributed by atoms with Crippen molar-refractivity contribution in [2.24, 2.45) is 5.73 Å². The van der Waals surface area contributed by atoms with Crippen LogP contribution in [0.1, 0.15) is 24.2 Å². The molecule has 0 spiro atoms. The molecule has 0 amide bonds. The van der Waals surface area contributed by atoms with Crippen molar-refractivity contribution in [3.05, 3.63) is 65.4 Å². The quantitative estimate of drug-likeness (QED) is 0.861. The molecule has 1 aromatic rings. The van der Waals surface area contributed by atoms with E-state index in [2.05, 4.69) is 4.98 Å². The molecule has 2 atom stereocenters. The normalized spacial score (nSPS) is 20.7. The first-order valence-electron chi connectivity index (χ1n) is 6.91. The number of carbonyl (C=O) groups excluding carboxylic acids is 1. The van der Waals surface area contributed by atoms with Crippen molar-refractivity contribution in [2.75, 3.05) is 0 Å². The maximum absolute atomic E-state index is 11.1. The second-order valence-electron chi connectivity index (χ2n) is 5.12. The number of nitrogens with two attached hydrogens (primary N) is 1. The lowest BCUT2D eigenvalue weighted by Crippen LogP contribution is -2.30. The lowest BCUT2D eigenvalue weighted by molar-refractivity contribution is -0.137. The Morgan fingerprint density at radius 2 is 2.22 bits per heavy atom. The van der Waals surface area contributed by atoms with E-state index in [0.29, 0.717) is 0 Å². The number of hydrogen-bond donors (Lipinski definition) is 2. The molecule has 5 nitrogen and oxygen atoms in total. The van der Waals surface area contributed by atoms with Crippen LogP contribution in [0.15, 0.2) is 59.8 Å². The number of aromatic nitrogens is 1. The summed E-state index contributed by atoms with van der Waals surface area (Å²) in [6.07, 6.45) is 13.1. The van der Waals surface area contributed by atoms with E-state index in [1.807, 2.05) is 56.2 Å². The summed E-state index contributed by atoms with van der Waals surface area (Å²) >= 11 is 1.50. The molecule has 0 aliphatic heterocycles. The average Bonchev–Trinajstić information content (AvgIpc) is 2.69. The summed E-state index contributed by atoms with van der Waals surface area (Å²) < 4.78 is 0. The Hall–Kier alpha value is -2.18. The number of hydrogen-bond acceptors (Lipinski definition) is 5. The number of aliphatic carboxylic acids is 1. The number of carbonyl (C=O) groups is 2. The van der Waals surface area contributed by atoms with Crippen molar-refractivity contribution in [3.63, 3.8) is 0 Å². The molecular formula is C17H20N2O3S. The van der Waals surface area contributed by atoms with Crippen molar-refractivity contribution < 1.29 is 14.7 Å². The van der Waals surface area contributed by atoms with Gasteiger partial charge in [-0.1, -0.05) is 24.3 Å². The molecule has 0 fully saturated rings. The predicted octanol–water partition coefficient (Wildman–Crippen LogP) is 2.87. The van der Waals surface area contributed by atoms with Crippen LogP contribution in [0.2, 0.25) is 0 Å². The van der Waals surface area contributed by atoms with Crippen LogP contribution in [0.4, 0.5) is 0 Å². The first kappa shape index (κ1) is 18.9. The first-order valence-corrected chi connectivity index (χ1v) is 7.79. The Kier molecular flexibility index (Phi) is 7.44. The molecule has 1 aliphatic carbocycles. The lowest BCUT2D eigenvalue weighted by atomic mass is 10.0. The number of thioether (sulfide) groups is 1. The molecule has 0 aromatic carbocycles. The molecule has 0 saturated heterocycles. The second kappa shape index (κ2) is 9.07. The number of pyridine rings is 1. The molecule has 0 saturated carbocycles. The van der Waals surface area contributed by atoms with Gasteiger partial charge in [-0.25, -0.2) is 0 Å². The highest BCUT2D eigenvalue weighted by atomic mass is 32.2. The van der Waals surface area contributed by atoms with Crippen LogP contribution < -0.4 is 5.73 Å². The molecule has 0 radical (unpaired) electrons. The molecule has 2 rings (SSSR count). The third-order valence-corrected chi connectivity index (χ3v) is 4.22. The largest absolute Gasteiger partial charge is 0.481 e. The molecule has 0 bridgehead atoms. The summed E-state index contributed by atoms with van der Waals surface area (Å²) in [5, 5.41) is 8.93. The van der Waals surface area contributed by atoms with Gasteiger partial charge < -0.3 is 15.6 Å². The number of carboxylic acid groups (broad SMARTS) is 1. The molecule has 3 N–H and O–H groups in total. The summed E-state index contributed by atoms with van der Waals surface area (Å²) in [5.41, 5.74) is 6.50. The summed E-state index contributed by atoms with van der Waals surface area (Å²) in [4.78, 5) is 24.1. The van der Waals surface area contributed by atoms with Crippen LogP contribution in [0.3, 0.4) is 0 Å². The number of nitrogens with zero attached hydrogens (tertiary/aromatic N) is 1. The monoisotopic (exact) mass is 332 g/mol. The Labute approximate surface area is 140 Å². The zero-order valence-electron chi connectivity index (χ0n) is 12.9. The van der Waals surface area contributed by atoms with E-state index in [4.69, 9.17) is 15.6 Å². The van der Waals surface area contributed by atoms with Crippen molar-refractivity contribution in [1.82, 2.24) is 4.98 Å². The number of carboxylic acids is 1. The standard InChI is InChI=1S/C16H18N2O2S.CH2O/c1-16(17)7-3-2-6-13(10-16)21-14(9-15(19)20)12-5-4-8-18-11-12;1-2/h2-8,10-11,14H,9,17H2,1H3,(H,19,20);1H2. The summed E-state index contributed by atoms with van der Waals surface area (Å²) in [5.74, 6) is -0.830. The fourth-order valence-corrected chi connectivity index (χ4v) is 3.32. The fraction of sp³-hybridized carbons (Fsp3) is 0.235. The van der Waals surface area contributed by atoms with Gasteiger partial charge in [0.15, 0.2) is 0 Å². The average molecular weight is 332 g/mol. The van der Waals surface area contributed by atoms with Gasteiger partial charge in [0, 0.05) is 22.5 Å². The minimum absolute atomic E-state index is 0.0380. The van der Waals surface area contributed by atoms with Crippen LogP contribution in [0.25, 0.3) is 0 Å². The smallest absolute Gasteiger partial charge is 0.304 e. The van der Waals surface area contributed by atoms with Gasteiger partial charge in [0.2, 0.25) is 0 Å². The van der Waals surface area contributed by atoms with Gasteiger partial charge in [0.1, 0.15) is 6.79 Å². The van der Waals surface area contributed by atoms with Gasteiger partial charge >= 0.3 is 5.97 Å². The fourth-order valence-electron chi connectivity index (χ4n) is 2.01. The van der Waals surface area contributed by atoms with Crippen LogP contribution in [0, 0.1) is 0 Å². The third kappa shape index (κ3) is 6.63. The number of allylic oxidation sites excluding steroid dienone is 3. The van der Waals surface area contributed by atoms with Crippen molar-refractivity contribution in [3.8, 4) is 0 Å². The van der Waals surface area contributed by atoms with E-state index >= 15 is 0 Å². The molecule has 122 valence electrons. The van der Waals surface area contributed by atoms with Crippen LogP contribution >= 0.6 is 11.8 Å². The first-order chi connectivity index (χ1) is 11.0. The van der Waals surface area contributed by atoms with Gasteiger partial charge in [-0.2, -0.15) is 0 Å². The van der Waals surface area contributed by atoms with Gasteiger partial charge in [0.05, 0.1) is 12.0 Å². The van der Waals surface area contributed by atoms with Crippen LogP contribution in [-0.2, 0) is 9.59 Å². The van der Waals surface area contributed by atoms with Gasteiger partial charge in [-0.3, -0.25) is 9.78 Å². The second-order valence-corrected chi connectivity index (χ2v) is 6.40. The SMILES string of the molecule is C=O.CC1(N)C=CC=CC(SC(CC(=O)O)c2cccnc2)=C1. The molecule has 2 unspecified atom stereocenters. The van der Waals surface area contributed by atoms with Crippen molar-refractivity contribution in [2.45, 2.75) is 24.1 Å². The van der Waals surface area contributed by atoms with Gasteiger partial charge in [-0.15, -0.1) is 11.8 Å². The molecule has 1 heterocycles. The molecule has 1 aromatic heterocycles. The van der Waals surface area contributed by atoms with E-state index in [0.717, 1.165) is 10.5 Å². The van der Waals surface area contributed by atoms with E-state index in [9.17, 15) is 4.79 Å². The lowest BCUT2D eigenvalue weighted by Gasteiger charge is -2.19. The highest BCUT2D eigenvalue weighted by molar-refractivity contribution is 8.03. The zero-order valence-corrected chi connectivity index (χ0v) is 13.7. The predicted molar refractivity (Wildman–Crippen MR) is 92.9 cm³/mol. The molecule has 1 aliphatic rings. The highest BCUT2D eigenvalue weighted by Gasteiger charge is 2.20. The van der Waals surface area contributed by atoms with Crippen LogP contribution in [-0.4, -0.2) is 28.4 Å². The minimum Gasteiger partial charge on any atom is -0.481 e. The third-order valence-electron chi connectivity index (χ3n) is 2.97. The maximum Gasteiger partial charge on any atom is 0.304 e. The summed E-state index contributed by atoms with van der Waals surface area (Å²) in [6.45, 7) is 3.91. The topological polar surface area (TPSA) is 93.3 Å². The van der Waals surface area contributed by atoms with Gasteiger partial charge in [-0.05, 0) is 30.7 Å². The highest BCUT2D eigenvalue weighted by Crippen LogP contribution is 2.38. The Morgan fingerprint density at radius 1 is 1.48 bits per heavy atom. The van der Waals surface area contributed by atoms with E-state index < -0.39 is 11.5 Å². The Morgan fingerprint density at radius 3 is 2.83 bits per heavy atom. The Balaban J connectivity index is 0.00000127. The van der Waals surface area contributed by atoms with Gasteiger partial charge in [0.25, 0.3) is 0 Å². The minimum atomic E-state index is -0.830. The molecule has 6 heteroatoms. The molecule has 23 heavy (non-hydrogen) atoms. The molecular weight excluding hydrogens is 312 g/mol. The van der Waals surface area contributed by atoms with Crippen LogP contribution in [0.5, 0.6) is 0 Å². The zero-order chi connectivity index (χ0) is 17.3. The van der Waals surface area contributed by atoms with E-state index in [1.54, 1.807) is 12.4 Å². The van der Waals surface area contributed by atoms with E-state index in [1.165, 1.54) is 11.8 Å². The van der Waals surface area contributed by atoms with Crippen molar-refractivity contribution in [1.29, 1.82) is 0 Å². The van der Waals surface area contributed by atoms with E-state index in [-0.39, 0.29) is 11.7 Å². The Bertz CT molecular complexity index is 610. The van der Waals surface area contributed by atoms with Crippen molar-refractivity contribution >= 4 is 24.5 Å². The summed E-state index contributed by atoms with van der Waals surface area (Å²) in [6, 6.07) is 3.71. The maximum atomic E-state index is 11.1.